The molecule has 3 rings (SSSR count). The van der Waals surface area contributed by atoms with Gasteiger partial charge in [0.05, 0.1) is 15.4 Å². The SMILES string of the molecule is CS(=O)(=Nc1ccc(-c2noc(C(F)(F)F)n2)cc1)C1CC1. The van der Waals surface area contributed by atoms with Crippen LogP contribution in [0, 0.1) is 0 Å². The van der Waals surface area contributed by atoms with Gasteiger partial charge in [-0.2, -0.15) is 22.5 Å². The number of halogens is 3. The highest BCUT2D eigenvalue weighted by Crippen LogP contribution is 2.32. The summed E-state index contributed by atoms with van der Waals surface area (Å²) >= 11 is 0. The lowest BCUT2D eigenvalue weighted by Crippen LogP contribution is -2.04. The number of benzene rings is 1. The summed E-state index contributed by atoms with van der Waals surface area (Å²) in [4.78, 5) is 3.30. The summed E-state index contributed by atoms with van der Waals surface area (Å²) < 4.78 is 57.9. The third-order valence-corrected chi connectivity index (χ3v) is 5.51. The molecule has 5 nitrogen and oxygen atoms in total. The van der Waals surface area contributed by atoms with Crippen LogP contribution in [0.25, 0.3) is 11.4 Å². The van der Waals surface area contributed by atoms with Crippen molar-refractivity contribution in [3.8, 4) is 11.4 Å². The van der Waals surface area contributed by atoms with Gasteiger partial charge in [-0.15, -0.1) is 0 Å². The van der Waals surface area contributed by atoms with Gasteiger partial charge in [-0.05, 0) is 37.1 Å². The Kier molecular flexibility index (Phi) is 3.47. The van der Waals surface area contributed by atoms with Gasteiger partial charge >= 0.3 is 12.1 Å². The molecule has 1 aromatic carbocycles. The molecule has 0 radical (unpaired) electrons. The first-order chi connectivity index (χ1) is 10.3. The van der Waals surface area contributed by atoms with E-state index >= 15 is 0 Å². The van der Waals surface area contributed by atoms with Crippen molar-refractivity contribution in [2.24, 2.45) is 4.36 Å². The Hall–Kier alpha value is -1.90. The third-order valence-electron chi connectivity index (χ3n) is 3.22. The van der Waals surface area contributed by atoms with Gasteiger partial charge in [0.15, 0.2) is 0 Å². The summed E-state index contributed by atoms with van der Waals surface area (Å²) in [7, 11) is -2.26. The highest BCUT2D eigenvalue weighted by molar-refractivity contribution is 7.93. The zero-order valence-corrected chi connectivity index (χ0v) is 12.3. The van der Waals surface area contributed by atoms with E-state index in [0.717, 1.165) is 12.8 Å². The number of alkyl halides is 3. The Morgan fingerprint density at radius 3 is 2.41 bits per heavy atom. The van der Waals surface area contributed by atoms with Crippen LogP contribution in [0.2, 0.25) is 0 Å². The molecule has 0 bridgehead atoms. The number of aromatic nitrogens is 2. The van der Waals surface area contributed by atoms with E-state index in [9.17, 15) is 17.4 Å². The number of hydrogen-bond acceptors (Lipinski definition) is 5. The van der Waals surface area contributed by atoms with Gasteiger partial charge in [0.25, 0.3) is 0 Å². The Balaban J connectivity index is 1.86. The summed E-state index contributed by atoms with van der Waals surface area (Å²) in [5, 5.41) is 3.44. The molecule has 1 fully saturated rings. The molecule has 0 N–H and O–H groups in total. The fourth-order valence-corrected chi connectivity index (χ4v) is 3.62. The Labute approximate surface area is 124 Å². The monoisotopic (exact) mass is 331 g/mol. The van der Waals surface area contributed by atoms with Crippen LogP contribution in [0.15, 0.2) is 33.2 Å². The lowest BCUT2D eigenvalue weighted by atomic mass is 10.2. The summed E-state index contributed by atoms with van der Waals surface area (Å²) in [5.41, 5.74) is 0.884. The second-order valence-electron chi connectivity index (χ2n) is 5.12. The minimum Gasteiger partial charge on any atom is -0.329 e. The lowest BCUT2D eigenvalue weighted by molar-refractivity contribution is -0.159. The Morgan fingerprint density at radius 1 is 1.27 bits per heavy atom. The smallest absolute Gasteiger partial charge is 0.329 e. The van der Waals surface area contributed by atoms with Crippen LogP contribution in [-0.4, -0.2) is 25.9 Å². The molecule has 9 heteroatoms. The van der Waals surface area contributed by atoms with Gasteiger partial charge in [-0.25, -0.2) is 4.21 Å². The summed E-state index contributed by atoms with van der Waals surface area (Å²) in [5.74, 6) is -1.54. The van der Waals surface area contributed by atoms with Gasteiger partial charge in [0, 0.05) is 17.1 Å². The molecule has 0 spiro atoms. The molecule has 1 aliphatic rings. The zero-order valence-electron chi connectivity index (χ0n) is 11.5. The Morgan fingerprint density at radius 2 is 1.91 bits per heavy atom. The van der Waals surface area contributed by atoms with Crippen molar-refractivity contribution in [3.63, 3.8) is 0 Å². The van der Waals surface area contributed by atoms with Crippen molar-refractivity contribution in [2.75, 3.05) is 6.26 Å². The number of nitrogens with zero attached hydrogens (tertiary/aromatic N) is 3. The maximum Gasteiger partial charge on any atom is 0.471 e. The molecule has 1 atom stereocenters. The standard InChI is InChI=1S/C13H12F3N3O2S/c1-22(20,10-6-7-10)19-9-4-2-8(3-5-9)11-17-12(21-18-11)13(14,15)16/h2-5,10H,6-7H2,1H3. The van der Waals surface area contributed by atoms with Crippen LogP contribution in [0.3, 0.4) is 0 Å². The first-order valence-corrected chi connectivity index (χ1v) is 8.47. The normalized spacial score (nSPS) is 18.0. The van der Waals surface area contributed by atoms with E-state index in [1.807, 2.05) is 0 Å². The van der Waals surface area contributed by atoms with E-state index in [1.54, 1.807) is 18.4 Å². The maximum atomic E-state index is 12.4. The van der Waals surface area contributed by atoms with Crippen LogP contribution < -0.4 is 0 Å². The van der Waals surface area contributed by atoms with Gasteiger partial charge < -0.3 is 4.52 Å². The van der Waals surface area contributed by atoms with Crippen LogP contribution in [-0.2, 0) is 15.9 Å². The number of hydrogen-bond donors (Lipinski definition) is 0. The first kappa shape index (κ1) is 15.0. The number of rotatable bonds is 3. The molecule has 22 heavy (non-hydrogen) atoms. The molecule has 0 amide bonds. The van der Waals surface area contributed by atoms with Crippen LogP contribution in [0.4, 0.5) is 18.9 Å². The molecule has 1 saturated carbocycles. The zero-order chi connectivity index (χ0) is 16.0. The fourth-order valence-electron chi connectivity index (χ4n) is 1.92. The van der Waals surface area contributed by atoms with E-state index in [1.165, 1.54) is 12.1 Å². The second-order valence-corrected chi connectivity index (χ2v) is 7.69. The topological polar surface area (TPSA) is 68.3 Å². The maximum absolute atomic E-state index is 12.4. The summed E-state index contributed by atoms with van der Waals surface area (Å²) in [6.45, 7) is 0. The molecule has 1 heterocycles. The molecular formula is C13H12F3N3O2S. The third kappa shape index (κ3) is 3.13. The van der Waals surface area contributed by atoms with E-state index in [4.69, 9.17) is 0 Å². The molecule has 1 aromatic heterocycles. The van der Waals surface area contributed by atoms with E-state index in [2.05, 4.69) is 19.0 Å². The lowest BCUT2D eigenvalue weighted by Gasteiger charge is -2.02. The molecule has 1 unspecified atom stereocenters. The molecule has 0 saturated heterocycles. The quantitative estimate of drug-likeness (QED) is 0.861. The van der Waals surface area contributed by atoms with Gasteiger partial charge in [0.2, 0.25) is 5.82 Å². The van der Waals surface area contributed by atoms with Gasteiger partial charge in [-0.1, -0.05) is 5.16 Å². The van der Waals surface area contributed by atoms with Crippen molar-refractivity contribution in [3.05, 3.63) is 30.2 Å². The molecule has 2 aromatic rings. The van der Waals surface area contributed by atoms with Crippen molar-refractivity contribution < 1.29 is 21.9 Å². The predicted octanol–water partition coefficient (Wildman–Crippen LogP) is 3.65. The van der Waals surface area contributed by atoms with E-state index in [0.29, 0.717) is 11.3 Å². The van der Waals surface area contributed by atoms with Crippen molar-refractivity contribution in [1.29, 1.82) is 0 Å². The van der Waals surface area contributed by atoms with Crippen molar-refractivity contribution in [1.82, 2.24) is 10.1 Å². The molecule has 118 valence electrons. The molecule has 0 aliphatic heterocycles. The van der Waals surface area contributed by atoms with Crippen LogP contribution >= 0.6 is 0 Å². The van der Waals surface area contributed by atoms with Crippen LogP contribution in [0.5, 0.6) is 0 Å². The minimum absolute atomic E-state index is 0.138. The van der Waals surface area contributed by atoms with E-state index in [-0.39, 0.29) is 11.1 Å². The summed E-state index contributed by atoms with van der Waals surface area (Å²) in [6, 6.07) is 6.19. The largest absolute Gasteiger partial charge is 0.471 e. The molecular weight excluding hydrogens is 319 g/mol. The summed E-state index contributed by atoms with van der Waals surface area (Å²) in [6.07, 6.45) is -1.22. The first-order valence-electron chi connectivity index (χ1n) is 6.48. The molecule has 1 aliphatic carbocycles. The minimum atomic E-state index is -4.67. The average Bonchev–Trinajstić information content (AvgIpc) is 3.17. The van der Waals surface area contributed by atoms with Crippen molar-refractivity contribution >= 4 is 15.4 Å². The van der Waals surface area contributed by atoms with Crippen LogP contribution in [0.1, 0.15) is 18.7 Å². The fraction of sp³-hybridized carbons (Fsp3) is 0.385. The predicted molar refractivity (Wildman–Crippen MR) is 73.9 cm³/mol. The van der Waals surface area contributed by atoms with Crippen molar-refractivity contribution in [2.45, 2.75) is 24.3 Å². The highest BCUT2D eigenvalue weighted by Gasteiger charge is 2.38. The van der Waals surface area contributed by atoms with Gasteiger partial charge in [0.1, 0.15) is 0 Å². The van der Waals surface area contributed by atoms with Gasteiger partial charge in [-0.3, -0.25) is 0 Å². The average molecular weight is 331 g/mol. The highest BCUT2D eigenvalue weighted by atomic mass is 32.2. The second kappa shape index (κ2) is 5.08. The van der Waals surface area contributed by atoms with E-state index < -0.39 is 21.8 Å². The Bertz CT molecular complexity index is 801.